The summed E-state index contributed by atoms with van der Waals surface area (Å²) in [5.41, 5.74) is 0.556. The highest BCUT2D eigenvalue weighted by Gasteiger charge is 2.18. The summed E-state index contributed by atoms with van der Waals surface area (Å²) in [4.78, 5) is 28.1. The van der Waals surface area contributed by atoms with Crippen molar-refractivity contribution in [3.63, 3.8) is 0 Å². The summed E-state index contributed by atoms with van der Waals surface area (Å²) in [7, 11) is 0. The van der Waals surface area contributed by atoms with Gasteiger partial charge in [-0.2, -0.15) is 0 Å². The van der Waals surface area contributed by atoms with Gasteiger partial charge in [-0.1, -0.05) is 11.8 Å². The standard InChI is InChI=1S/C13H17N5O2S/c1-9-7-10(19)14-12-15-16-13(18(9)12)21-8-11(20)17-5-3-2-4-6-17/h7H,2-6,8H2,1H3,(H,14,15,19). The molecule has 0 bridgehead atoms. The van der Waals surface area contributed by atoms with E-state index in [1.807, 2.05) is 11.8 Å². The minimum absolute atomic E-state index is 0.138. The highest BCUT2D eigenvalue weighted by atomic mass is 32.2. The van der Waals surface area contributed by atoms with Gasteiger partial charge in [0.1, 0.15) is 0 Å². The molecule has 0 spiro atoms. The normalized spacial score (nSPS) is 15.6. The number of aromatic amines is 1. The maximum atomic E-state index is 12.2. The van der Waals surface area contributed by atoms with Gasteiger partial charge in [-0.25, -0.2) is 0 Å². The van der Waals surface area contributed by atoms with E-state index < -0.39 is 0 Å². The molecule has 1 amide bonds. The van der Waals surface area contributed by atoms with Crippen LogP contribution in [0.5, 0.6) is 0 Å². The van der Waals surface area contributed by atoms with Crippen LogP contribution in [0.25, 0.3) is 5.78 Å². The van der Waals surface area contributed by atoms with E-state index in [2.05, 4.69) is 15.2 Å². The fourth-order valence-corrected chi connectivity index (χ4v) is 3.42. The van der Waals surface area contributed by atoms with Crippen LogP contribution in [0.15, 0.2) is 16.0 Å². The van der Waals surface area contributed by atoms with Crippen LogP contribution >= 0.6 is 11.8 Å². The molecule has 2 aromatic heterocycles. The van der Waals surface area contributed by atoms with Crippen molar-refractivity contribution in [1.82, 2.24) is 24.5 Å². The molecule has 8 heteroatoms. The summed E-state index contributed by atoms with van der Waals surface area (Å²) in [5.74, 6) is 0.894. The third-order valence-corrected chi connectivity index (χ3v) is 4.51. The molecule has 112 valence electrons. The Hall–Kier alpha value is -1.83. The number of fused-ring (bicyclic) bond motifs is 1. The molecule has 1 N–H and O–H groups in total. The number of hydrogen-bond acceptors (Lipinski definition) is 5. The van der Waals surface area contributed by atoms with Crippen LogP contribution in [0.3, 0.4) is 0 Å². The number of carbonyl (C=O) groups is 1. The molecule has 3 rings (SSSR count). The Bertz CT molecular complexity index is 717. The van der Waals surface area contributed by atoms with Crippen LogP contribution in [0.2, 0.25) is 0 Å². The number of carbonyl (C=O) groups excluding carboxylic acids is 1. The fraction of sp³-hybridized carbons (Fsp3) is 0.538. The number of amides is 1. The van der Waals surface area contributed by atoms with Gasteiger partial charge in [0.15, 0.2) is 5.16 Å². The Labute approximate surface area is 125 Å². The van der Waals surface area contributed by atoms with Crippen LogP contribution in [0.1, 0.15) is 25.0 Å². The van der Waals surface area contributed by atoms with Crippen molar-refractivity contribution in [2.45, 2.75) is 31.3 Å². The van der Waals surface area contributed by atoms with Gasteiger partial charge in [-0.3, -0.25) is 19.0 Å². The number of likely N-dealkylation sites (tertiary alicyclic amines) is 1. The number of nitrogens with zero attached hydrogens (tertiary/aromatic N) is 4. The fourth-order valence-electron chi connectivity index (χ4n) is 2.52. The average molecular weight is 307 g/mol. The van der Waals surface area contributed by atoms with Crippen molar-refractivity contribution >= 4 is 23.4 Å². The minimum atomic E-state index is -0.201. The third kappa shape index (κ3) is 2.94. The van der Waals surface area contributed by atoms with E-state index in [1.54, 1.807) is 4.40 Å². The van der Waals surface area contributed by atoms with Gasteiger partial charge in [0.25, 0.3) is 5.56 Å². The Morgan fingerprint density at radius 1 is 1.33 bits per heavy atom. The molecule has 1 aliphatic heterocycles. The van der Waals surface area contributed by atoms with Crippen molar-refractivity contribution in [3.8, 4) is 0 Å². The first-order chi connectivity index (χ1) is 10.1. The van der Waals surface area contributed by atoms with E-state index in [9.17, 15) is 9.59 Å². The van der Waals surface area contributed by atoms with Gasteiger partial charge in [0, 0.05) is 24.8 Å². The molecule has 1 fully saturated rings. The summed E-state index contributed by atoms with van der Waals surface area (Å²) >= 11 is 1.35. The van der Waals surface area contributed by atoms with Crippen molar-refractivity contribution in [2.24, 2.45) is 0 Å². The molecular weight excluding hydrogens is 290 g/mol. The zero-order chi connectivity index (χ0) is 14.8. The smallest absolute Gasteiger partial charge is 0.252 e. The van der Waals surface area contributed by atoms with Crippen LogP contribution in [-0.2, 0) is 4.79 Å². The molecule has 1 aliphatic rings. The molecule has 7 nitrogen and oxygen atoms in total. The van der Waals surface area contributed by atoms with Crippen LogP contribution < -0.4 is 5.56 Å². The SMILES string of the molecule is Cc1cc(=O)[nH]c2nnc(SCC(=O)N3CCCCC3)n12. The van der Waals surface area contributed by atoms with Crippen LogP contribution in [0.4, 0.5) is 0 Å². The largest absolute Gasteiger partial charge is 0.342 e. The highest BCUT2D eigenvalue weighted by Crippen LogP contribution is 2.18. The molecule has 3 heterocycles. The van der Waals surface area contributed by atoms with E-state index in [-0.39, 0.29) is 11.5 Å². The minimum Gasteiger partial charge on any atom is -0.342 e. The molecule has 0 atom stereocenters. The molecule has 0 unspecified atom stereocenters. The van der Waals surface area contributed by atoms with Gasteiger partial charge >= 0.3 is 0 Å². The van der Waals surface area contributed by atoms with Gasteiger partial charge in [0.05, 0.1) is 5.75 Å². The molecule has 0 saturated carbocycles. The van der Waals surface area contributed by atoms with E-state index in [1.165, 1.54) is 24.2 Å². The number of aromatic nitrogens is 4. The maximum Gasteiger partial charge on any atom is 0.252 e. The van der Waals surface area contributed by atoms with Gasteiger partial charge in [-0.15, -0.1) is 10.2 Å². The number of rotatable bonds is 3. The van der Waals surface area contributed by atoms with E-state index in [4.69, 9.17) is 0 Å². The number of piperidine rings is 1. The Morgan fingerprint density at radius 3 is 2.86 bits per heavy atom. The van der Waals surface area contributed by atoms with Crippen molar-refractivity contribution < 1.29 is 4.79 Å². The predicted molar refractivity (Wildman–Crippen MR) is 79.5 cm³/mol. The zero-order valence-electron chi connectivity index (χ0n) is 11.8. The summed E-state index contributed by atoms with van der Waals surface area (Å²) in [6.45, 7) is 3.53. The molecule has 0 radical (unpaired) electrons. The highest BCUT2D eigenvalue weighted by molar-refractivity contribution is 7.99. The Kier molecular flexibility index (Phi) is 3.96. The quantitative estimate of drug-likeness (QED) is 0.849. The zero-order valence-corrected chi connectivity index (χ0v) is 12.7. The van der Waals surface area contributed by atoms with Gasteiger partial charge < -0.3 is 4.90 Å². The predicted octanol–water partition coefficient (Wildman–Crippen LogP) is 0.831. The second-order valence-corrected chi connectivity index (χ2v) is 6.09. The number of H-pyrrole nitrogens is 1. The molecule has 21 heavy (non-hydrogen) atoms. The van der Waals surface area contributed by atoms with E-state index in [0.717, 1.165) is 31.6 Å². The topological polar surface area (TPSA) is 83.4 Å². The lowest BCUT2D eigenvalue weighted by molar-refractivity contribution is -0.129. The number of hydrogen-bond donors (Lipinski definition) is 1. The lowest BCUT2D eigenvalue weighted by atomic mass is 10.1. The lowest BCUT2D eigenvalue weighted by Gasteiger charge is -2.26. The Balaban J connectivity index is 1.73. The van der Waals surface area contributed by atoms with Crippen LogP contribution in [0, 0.1) is 6.92 Å². The maximum absolute atomic E-state index is 12.2. The molecule has 1 saturated heterocycles. The first-order valence-corrected chi connectivity index (χ1v) is 7.99. The summed E-state index contributed by atoms with van der Waals surface area (Å²) in [6, 6.07) is 1.49. The first-order valence-electron chi connectivity index (χ1n) is 7.01. The molecule has 2 aromatic rings. The number of nitrogens with one attached hydrogen (secondary N) is 1. The second kappa shape index (κ2) is 5.88. The molecular formula is C13H17N5O2S. The van der Waals surface area contributed by atoms with E-state index in [0.29, 0.717) is 16.7 Å². The van der Waals surface area contributed by atoms with Crippen molar-refractivity contribution in [3.05, 3.63) is 22.1 Å². The third-order valence-electron chi connectivity index (χ3n) is 3.59. The van der Waals surface area contributed by atoms with Crippen molar-refractivity contribution in [1.29, 1.82) is 0 Å². The van der Waals surface area contributed by atoms with Gasteiger partial charge in [-0.05, 0) is 26.2 Å². The van der Waals surface area contributed by atoms with E-state index >= 15 is 0 Å². The number of aryl methyl sites for hydroxylation is 1. The molecule has 0 aliphatic carbocycles. The number of thioether (sulfide) groups is 1. The van der Waals surface area contributed by atoms with Crippen LogP contribution in [-0.4, -0.2) is 49.2 Å². The summed E-state index contributed by atoms with van der Waals surface area (Å²) < 4.78 is 1.76. The summed E-state index contributed by atoms with van der Waals surface area (Å²) in [5, 5.41) is 8.62. The molecule has 0 aromatic carbocycles. The van der Waals surface area contributed by atoms with Crippen molar-refractivity contribution in [2.75, 3.05) is 18.8 Å². The van der Waals surface area contributed by atoms with Gasteiger partial charge in [0.2, 0.25) is 11.7 Å². The Morgan fingerprint density at radius 2 is 2.10 bits per heavy atom. The second-order valence-electron chi connectivity index (χ2n) is 5.15. The average Bonchev–Trinajstić information content (AvgIpc) is 2.89. The first kappa shape index (κ1) is 14.1. The monoisotopic (exact) mass is 307 g/mol. The lowest BCUT2D eigenvalue weighted by Crippen LogP contribution is -2.36. The summed E-state index contributed by atoms with van der Waals surface area (Å²) in [6.07, 6.45) is 3.38.